The predicted octanol–water partition coefficient (Wildman–Crippen LogP) is 3.51. The molecule has 2 rings (SSSR count). The Morgan fingerprint density at radius 1 is 1.09 bits per heavy atom. The zero-order chi connectivity index (χ0) is 17.2. The molecule has 0 amide bonds. The van der Waals surface area contributed by atoms with E-state index in [4.69, 9.17) is 5.11 Å². The fraction of sp³-hybridized carbons (Fsp3) is 0.133. The van der Waals surface area contributed by atoms with Crippen molar-refractivity contribution in [1.82, 2.24) is 0 Å². The van der Waals surface area contributed by atoms with E-state index in [9.17, 15) is 27.5 Å². The van der Waals surface area contributed by atoms with E-state index in [2.05, 4.69) is 4.74 Å². The molecule has 0 aliphatic rings. The highest BCUT2D eigenvalue weighted by Gasteiger charge is 2.31. The molecule has 2 aromatic carbocycles. The number of carbonyl (C=O) groups is 1. The number of aliphatic hydroxyl groups is 1. The lowest BCUT2D eigenvalue weighted by atomic mass is 10.0. The van der Waals surface area contributed by atoms with Crippen LogP contribution in [0, 0.1) is 5.82 Å². The number of hydrogen-bond donors (Lipinski definition) is 2. The first-order valence-corrected chi connectivity index (χ1v) is 6.24. The van der Waals surface area contributed by atoms with E-state index in [0.717, 1.165) is 18.2 Å². The van der Waals surface area contributed by atoms with Crippen LogP contribution in [0.25, 0.3) is 11.1 Å². The second-order valence-electron chi connectivity index (χ2n) is 4.55. The summed E-state index contributed by atoms with van der Waals surface area (Å²) in [7, 11) is 0. The van der Waals surface area contributed by atoms with Gasteiger partial charge in [0, 0.05) is 5.56 Å². The number of aliphatic carboxylic acids is 1. The fourth-order valence-electron chi connectivity index (χ4n) is 1.91. The van der Waals surface area contributed by atoms with Gasteiger partial charge in [-0.25, -0.2) is 9.18 Å². The van der Waals surface area contributed by atoms with Crippen molar-refractivity contribution in [2.45, 2.75) is 12.5 Å². The number of carboxylic acid groups (broad SMARTS) is 1. The Kier molecular flexibility index (Phi) is 4.55. The van der Waals surface area contributed by atoms with Crippen LogP contribution in [0.15, 0.2) is 42.5 Å². The molecule has 2 aromatic rings. The fourth-order valence-corrected chi connectivity index (χ4v) is 1.91. The maximum absolute atomic E-state index is 14.0. The first kappa shape index (κ1) is 16.8. The second kappa shape index (κ2) is 6.25. The summed E-state index contributed by atoms with van der Waals surface area (Å²) in [6.07, 6.45) is -6.68. The van der Waals surface area contributed by atoms with Crippen molar-refractivity contribution in [3.63, 3.8) is 0 Å². The Bertz CT molecular complexity index is 710. The van der Waals surface area contributed by atoms with Gasteiger partial charge in [0.05, 0.1) is 0 Å². The smallest absolute Gasteiger partial charge is 0.479 e. The average Bonchev–Trinajstić information content (AvgIpc) is 2.45. The van der Waals surface area contributed by atoms with Crippen LogP contribution in [0.1, 0.15) is 11.7 Å². The number of benzene rings is 2. The Hall–Kier alpha value is -2.61. The molecule has 0 fully saturated rings. The molecule has 8 heteroatoms. The minimum atomic E-state index is -4.82. The Balaban J connectivity index is 2.27. The van der Waals surface area contributed by atoms with Crippen molar-refractivity contribution in [2.75, 3.05) is 0 Å². The molecule has 4 nitrogen and oxygen atoms in total. The van der Waals surface area contributed by atoms with E-state index in [1.165, 1.54) is 24.3 Å². The molecule has 0 aromatic heterocycles. The summed E-state index contributed by atoms with van der Waals surface area (Å²) in [5, 5.41) is 18.0. The van der Waals surface area contributed by atoms with Gasteiger partial charge in [0.1, 0.15) is 11.6 Å². The standard InChI is InChI=1S/C15H10F4O4/c16-12-7-9(13(20)14(21)22)3-6-11(12)8-1-4-10(5-2-8)23-15(17,18)19/h1-7,13,20H,(H,21,22). The lowest BCUT2D eigenvalue weighted by Gasteiger charge is -2.11. The van der Waals surface area contributed by atoms with Crippen LogP contribution in [-0.4, -0.2) is 22.5 Å². The molecule has 0 aliphatic heterocycles. The lowest BCUT2D eigenvalue weighted by Crippen LogP contribution is -2.16. The van der Waals surface area contributed by atoms with E-state index >= 15 is 0 Å². The highest BCUT2D eigenvalue weighted by molar-refractivity contribution is 5.75. The van der Waals surface area contributed by atoms with Gasteiger partial charge >= 0.3 is 12.3 Å². The summed E-state index contributed by atoms with van der Waals surface area (Å²) in [4.78, 5) is 10.6. The molecular formula is C15H10F4O4. The minimum absolute atomic E-state index is 0.0462. The summed E-state index contributed by atoms with van der Waals surface area (Å²) in [6, 6.07) is 7.83. The molecule has 0 saturated carbocycles. The zero-order valence-electron chi connectivity index (χ0n) is 11.3. The normalized spacial score (nSPS) is 12.7. The van der Waals surface area contributed by atoms with E-state index < -0.39 is 30.0 Å². The van der Waals surface area contributed by atoms with Crippen LogP contribution in [0.2, 0.25) is 0 Å². The molecule has 0 aliphatic carbocycles. The van der Waals surface area contributed by atoms with E-state index in [1.807, 2.05) is 0 Å². The van der Waals surface area contributed by atoms with Gasteiger partial charge < -0.3 is 14.9 Å². The molecule has 0 spiro atoms. The van der Waals surface area contributed by atoms with Crippen molar-refractivity contribution in [3.05, 3.63) is 53.8 Å². The minimum Gasteiger partial charge on any atom is -0.479 e. The maximum Gasteiger partial charge on any atom is 0.573 e. The van der Waals surface area contributed by atoms with Crippen molar-refractivity contribution < 1.29 is 37.3 Å². The molecule has 0 bridgehead atoms. The molecule has 0 radical (unpaired) electrons. The third kappa shape index (κ3) is 4.19. The van der Waals surface area contributed by atoms with Crippen molar-refractivity contribution >= 4 is 5.97 Å². The van der Waals surface area contributed by atoms with Crippen LogP contribution in [0.3, 0.4) is 0 Å². The second-order valence-corrected chi connectivity index (χ2v) is 4.55. The SMILES string of the molecule is O=C(O)C(O)c1ccc(-c2ccc(OC(F)(F)F)cc2)c(F)c1. The summed E-state index contributed by atoms with van der Waals surface area (Å²) >= 11 is 0. The van der Waals surface area contributed by atoms with Gasteiger partial charge in [-0.05, 0) is 29.3 Å². The Labute approximate surface area is 127 Å². The van der Waals surface area contributed by atoms with Crippen LogP contribution in [0.5, 0.6) is 5.75 Å². The number of alkyl halides is 3. The van der Waals surface area contributed by atoms with E-state index in [0.29, 0.717) is 0 Å². The van der Waals surface area contributed by atoms with Gasteiger partial charge in [-0.3, -0.25) is 0 Å². The average molecular weight is 330 g/mol. The summed E-state index contributed by atoms with van der Waals surface area (Å²) in [5.74, 6) is -2.78. The molecule has 2 N–H and O–H groups in total. The molecule has 1 unspecified atom stereocenters. The third-order valence-corrected chi connectivity index (χ3v) is 2.94. The Morgan fingerprint density at radius 2 is 1.70 bits per heavy atom. The van der Waals surface area contributed by atoms with E-state index in [-0.39, 0.29) is 16.7 Å². The molecule has 0 saturated heterocycles. The molecular weight excluding hydrogens is 320 g/mol. The monoisotopic (exact) mass is 330 g/mol. The quantitative estimate of drug-likeness (QED) is 0.842. The molecule has 122 valence electrons. The van der Waals surface area contributed by atoms with Crippen molar-refractivity contribution in [3.8, 4) is 16.9 Å². The first-order chi connectivity index (χ1) is 10.7. The zero-order valence-corrected chi connectivity index (χ0v) is 11.3. The van der Waals surface area contributed by atoms with Crippen LogP contribution in [-0.2, 0) is 4.79 Å². The van der Waals surface area contributed by atoms with Gasteiger partial charge in [-0.1, -0.05) is 24.3 Å². The number of carboxylic acids is 1. The van der Waals surface area contributed by atoms with Gasteiger partial charge in [0.2, 0.25) is 0 Å². The molecule has 0 heterocycles. The maximum atomic E-state index is 14.0. The highest BCUT2D eigenvalue weighted by Crippen LogP contribution is 2.29. The first-order valence-electron chi connectivity index (χ1n) is 6.24. The number of halogens is 4. The van der Waals surface area contributed by atoms with Crippen LogP contribution in [0.4, 0.5) is 17.6 Å². The third-order valence-electron chi connectivity index (χ3n) is 2.94. The largest absolute Gasteiger partial charge is 0.573 e. The van der Waals surface area contributed by atoms with Gasteiger partial charge in [0.15, 0.2) is 6.10 Å². The Morgan fingerprint density at radius 3 is 2.17 bits per heavy atom. The molecule has 23 heavy (non-hydrogen) atoms. The summed E-state index contributed by atoms with van der Waals surface area (Å²) in [6.45, 7) is 0. The molecule has 1 atom stereocenters. The topological polar surface area (TPSA) is 66.8 Å². The lowest BCUT2D eigenvalue weighted by molar-refractivity contribution is -0.274. The number of rotatable bonds is 4. The summed E-state index contributed by atoms with van der Waals surface area (Å²) in [5.41, 5.74) is 0.175. The van der Waals surface area contributed by atoms with E-state index in [1.54, 1.807) is 0 Å². The van der Waals surface area contributed by atoms with Gasteiger partial charge in [0.25, 0.3) is 0 Å². The number of hydrogen-bond acceptors (Lipinski definition) is 3. The van der Waals surface area contributed by atoms with Crippen molar-refractivity contribution in [1.29, 1.82) is 0 Å². The number of ether oxygens (including phenoxy) is 1. The van der Waals surface area contributed by atoms with Crippen LogP contribution < -0.4 is 4.74 Å². The predicted molar refractivity (Wildman–Crippen MR) is 71.1 cm³/mol. The highest BCUT2D eigenvalue weighted by atomic mass is 19.4. The van der Waals surface area contributed by atoms with Gasteiger partial charge in [-0.2, -0.15) is 0 Å². The van der Waals surface area contributed by atoms with Gasteiger partial charge in [-0.15, -0.1) is 13.2 Å². The number of aliphatic hydroxyl groups excluding tert-OH is 1. The summed E-state index contributed by atoms with van der Waals surface area (Å²) < 4.78 is 53.9. The van der Waals surface area contributed by atoms with Crippen LogP contribution >= 0.6 is 0 Å². The van der Waals surface area contributed by atoms with Crippen molar-refractivity contribution in [2.24, 2.45) is 0 Å².